The molecule has 0 aliphatic rings. The maximum atomic E-state index is 4.38. The van der Waals surface area contributed by atoms with E-state index in [0.717, 1.165) is 36.7 Å². The summed E-state index contributed by atoms with van der Waals surface area (Å²) >= 11 is 0. The van der Waals surface area contributed by atoms with E-state index in [-0.39, 0.29) is 0 Å². The van der Waals surface area contributed by atoms with Gasteiger partial charge in [0, 0.05) is 37.6 Å². The van der Waals surface area contributed by atoms with Crippen LogP contribution in [0.3, 0.4) is 0 Å². The molecule has 2 rings (SSSR count). The summed E-state index contributed by atoms with van der Waals surface area (Å²) in [5, 5.41) is 3.22. The number of hydrogen-bond donors (Lipinski definition) is 1. The van der Waals surface area contributed by atoms with Crippen LogP contribution in [0.15, 0.2) is 30.7 Å². The van der Waals surface area contributed by atoms with Crippen molar-refractivity contribution in [3.05, 3.63) is 36.5 Å². The van der Waals surface area contributed by atoms with E-state index in [2.05, 4.69) is 33.7 Å². The highest BCUT2D eigenvalue weighted by molar-refractivity contribution is 5.45. The molecule has 0 fully saturated rings. The molecule has 1 N–H and O–H groups in total. The van der Waals surface area contributed by atoms with Crippen molar-refractivity contribution < 1.29 is 0 Å². The first-order valence-electron chi connectivity index (χ1n) is 6.07. The molecule has 2 aromatic rings. The van der Waals surface area contributed by atoms with E-state index < -0.39 is 0 Å². The number of anilines is 1. The first-order valence-corrected chi connectivity index (χ1v) is 6.07. The Kier molecular flexibility index (Phi) is 3.75. The van der Waals surface area contributed by atoms with Gasteiger partial charge in [0.1, 0.15) is 11.6 Å². The summed E-state index contributed by atoms with van der Waals surface area (Å²) in [6, 6.07) is 4.05. The zero-order chi connectivity index (χ0) is 12.1. The number of aromatic nitrogens is 3. The molecule has 0 saturated heterocycles. The summed E-state index contributed by atoms with van der Waals surface area (Å²) in [4.78, 5) is 8.65. The van der Waals surface area contributed by atoms with Crippen LogP contribution >= 0.6 is 0 Å². The van der Waals surface area contributed by atoms with Crippen molar-refractivity contribution in [2.24, 2.45) is 0 Å². The van der Waals surface area contributed by atoms with Crippen molar-refractivity contribution in [3.63, 3.8) is 0 Å². The lowest BCUT2D eigenvalue weighted by Crippen LogP contribution is -2.03. The summed E-state index contributed by atoms with van der Waals surface area (Å²) in [5.41, 5.74) is 1.11. The summed E-state index contributed by atoms with van der Waals surface area (Å²) < 4.78 is 2.12. The zero-order valence-corrected chi connectivity index (χ0v) is 10.3. The SMILES string of the molecule is CCCc1nccn1-c1ccnc(NCC)c1. The van der Waals surface area contributed by atoms with Gasteiger partial charge in [-0.15, -0.1) is 0 Å². The predicted octanol–water partition coefficient (Wildman–Crippen LogP) is 2.65. The Morgan fingerprint density at radius 3 is 2.88 bits per heavy atom. The second kappa shape index (κ2) is 5.48. The van der Waals surface area contributed by atoms with Gasteiger partial charge in [-0.1, -0.05) is 6.92 Å². The topological polar surface area (TPSA) is 42.7 Å². The molecule has 0 aromatic carbocycles. The van der Waals surface area contributed by atoms with Crippen molar-refractivity contribution in [2.75, 3.05) is 11.9 Å². The van der Waals surface area contributed by atoms with Crippen molar-refractivity contribution in [3.8, 4) is 5.69 Å². The Balaban J connectivity index is 2.31. The zero-order valence-electron chi connectivity index (χ0n) is 10.3. The molecule has 90 valence electrons. The molecule has 0 radical (unpaired) electrons. The van der Waals surface area contributed by atoms with Gasteiger partial charge >= 0.3 is 0 Å². The van der Waals surface area contributed by atoms with E-state index in [9.17, 15) is 0 Å². The van der Waals surface area contributed by atoms with Crippen LogP contribution in [-0.2, 0) is 6.42 Å². The van der Waals surface area contributed by atoms with Gasteiger partial charge in [0.15, 0.2) is 0 Å². The second-order valence-corrected chi connectivity index (χ2v) is 3.89. The highest BCUT2D eigenvalue weighted by Gasteiger charge is 2.04. The standard InChI is InChI=1S/C13H18N4/c1-3-5-13-16-8-9-17(13)11-6-7-15-12(10-11)14-4-2/h6-10H,3-5H2,1-2H3,(H,14,15). The largest absolute Gasteiger partial charge is 0.370 e. The monoisotopic (exact) mass is 230 g/mol. The average Bonchev–Trinajstić information content (AvgIpc) is 2.79. The number of hydrogen-bond acceptors (Lipinski definition) is 3. The summed E-state index contributed by atoms with van der Waals surface area (Å²) in [7, 11) is 0. The van der Waals surface area contributed by atoms with E-state index in [1.165, 1.54) is 0 Å². The van der Waals surface area contributed by atoms with Crippen molar-refractivity contribution in [2.45, 2.75) is 26.7 Å². The fraction of sp³-hybridized carbons (Fsp3) is 0.385. The number of nitrogens with zero attached hydrogens (tertiary/aromatic N) is 3. The van der Waals surface area contributed by atoms with Crippen LogP contribution in [0.2, 0.25) is 0 Å². The molecule has 2 heterocycles. The lowest BCUT2D eigenvalue weighted by atomic mass is 10.3. The lowest BCUT2D eigenvalue weighted by molar-refractivity contribution is 0.808. The molecule has 0 spiro atoms. The van der Waals surface area contributed by atoms with Gasteiger partial charge in [0.2, 0.25) is 0 Å². The molecular weight excluding hydrogens is 212 g/mol. The lowest BCUT2D eigenvalue weighted by Gasteiger charge is -2.09. The van der Waals surface area contributed by atoms with Crippen LogP contribution in [0.4, 0.5) is 5.82 Å². The van der Waals surface area contributed by atoms with Gasteiger partial charge in [0.05, 0.1) is 5.69 Å². The Morgan fingerprint density at radius 2 is 2.12 bits per heavy atom. The Labute approximate surface area is 102 Å². The van der Waals surface area contributed by atoms with Gasteiger partial charge in [-0.3, -0.25) is 0 Å². The van der Waals surface area contributed by atoms with Gasteiger partial charge in [-0.2, -0.15) is 0 Å². The second-order valence-electron chi connectivity index (χ2n) is 3.89. The Hall–Kier alpha value is -1.84. The highest BCUT2D eigenvalue weighted by atomic mass is 15.1. The minimum atomic E-state index is 0.877. The van der Waals surface area contributed by atoms with Crippen LogP contribution in [0.5, 0.6) is 0 Å². The van der Waals surface area contributed by atoms with Crippen LogP contribution in [0, 0.1) is 0 Å². The molecular formula is C13H18N4. The highest BCUT2D eigenvalue weighted by Crippen LogP contribution is 2.14. The smallest absolute Gasteiger partial charge is 0.127 e. The molecule has 0 bridgehead atoms. The number of pyridine rings is 1. The van der Waals surface area contributed by atoms with E-state index >= 15 is 0 Å². The van der Waals surface area contributed by atoms with Gasteiger partial charge < -0.3 is 9.88 Å². The molecule has 4 heteroatoms. The van der Waals surface area contributed by atoms with Gasteiger partial charge in [-0.05, 0) is 19.4 Å². The Morgan fingerprint density at radius 1 is 1.24 bits per heavy atom. The fourth-order valence-corrected chi connectivity index (χ4v) is 1.83. The average molecular weight is 230 g/mol. The third-order valence-electron chi connectivity index (χ3n) is 2.57. The molecule has 0 atom stereocenters. The van der Waals surface area contributed by atoms with Crippen molar-refractivity contribution in [1.82, 2.24) is 14.5 Å². The third-order valence-corrected chi connectivity index (χ3v) is 2.57. The molecule has 4 nitrogen and oxygen atoms in total. The molecule has 17 heavy (non-hydrogen) atoms. The molecule has 0 unspecified atom stereocenters. The van der Waals surface area contributed by atoms with Crippen LogP contribution in [0.25, 0.3) is 5.69 Å². The first kappa shape index (κ1) is 11.6. The maximum Gasteiger partial charge on any atom is 0.127 e. The molecule has 0 saturated carbocycles. The summed E-state index contributed by atoms with van der Waals surface area (Å²) in [5.74, 6) is 2.00. The number of imidazole rings is 1. The summed E-state index contributed by atoms with van der Waals surface area (Å²) in [6.07, 6.45) is 7.76. The van der Waals surface area contributed by atoms with Gasteiger partial charge in [0.25, 0.3) is 0 Å². The quantitative estimate of drug-likeness (QED) is 0.858. The van der Waals surface area contributed by atoms with Gasteiger partial charge in [-0.25, -0.2) is 9.97 Å². The molecule has 0 aliphatic heterocycles. The third kappa shape index (κ3) is 2.64. The number of nitrogens with one attached hydrogen (secondary N) is 1. The number of aryl methyl sites for hydroxylation is 1. The van der Waals surface area contributed by atoms with Crippen LogP contribution in [0.1, 0.15) is 26.1 Å². The first-order chi connectivity index (χ1) is 8.35. The van der Waals surface area contributed by atoms with E-state index in [1.807, 2.05) is 30.7 Å². The predicted molar refractivity (Wildman–Crippen MR) is 69.5 cm³/mol. The van der Waals surface area contributed by atoms with Crippen molar-refractivity contribution in [1.29, 1.82) is 0 Å². The van der Waals surface area contributed by atoms with E-state index in [0.29, 0.717) is 0 Å². The van der Waals surface area contributed by atoms with E-state index in [1.54, 1.807) is 0 Å². The minimum Gasteiger partial charge on any atom is -0.370 e. The minimum absolute atomic E-state index is 0.877. The fourth-order valence-electron chi connectivity index (χ4n) is 1.83. The van der Waals surface area contributed by atoms with Crippen LogP contribution in [-0.4, -0.2) is 21.1 Å². The Bertz CT molecular complexity index is 476. The molecule has 0 aliphatic carbocycles. The normalized spacial score (nSPS) is 10.5. The maximum absolute atomic E-state index is 4.38. The number of rotatable bonds is 5. The van der Waals surface area contributed by atoms with E-state index in [4.69, 9.17) is 0 Å². The summed E-state index contributed by atoms with van der Waals surface area (Å²) in [6.45, 7) is 5.10. The molecule has 2 aromatic heterocycles. The molecule has 0 amide bonds. The van der Waals surface area contributed by atoms with Crippen LogP contribution < -0.4 is 5.32 Å². The van der Waals surface area contributed by atoms with Crippen molar-refractivity contribution >= 4 is 5.82 Å².